The van der Waals surface area contributed by atoms with Crippen molar-refractivity contribution in [3.05, 3.63) is 82.1 Å². The maximum atomic E-state index is 14.2. The summed E-state index contributed by atoms with van der Waals surface area (Å²) in [7, 11) is 0. The highest BCUT2D eigenvalue weighted by atomic mass is 19.4. The lowest BCUT2D eigenvalue weighted by Crippen LogP contribution is -2.34. The molecule has 0 spiro atoms. The minimum Gasteiger partial charge on any atom is -0.299 e. The molecule has 12 heteroatoms. The topological polar surface area (TPSA) is 60.4 Å². The monoisotopic (exact) mass is 574 g/mol. The van der Waals surface area contributed by atoms with Gasteiger partial charge in [-0.15, -0.1) is 10.2 Å². The average molecular weight is 575 g/mol. The summed E-state index contributed by atoms with van der Waals surface area (Å²) in [6.07, 6.45) is 3.74. The van der Waals surface area contributed by atoms with Gasteiger partial charge in [0.05, 0.1) is 16.8 Å². The smallest absolute Gasteiger partial charge is 0.299 e. The third-order valence-electron chi connectivity index (χ3n) is 8.49. The second-order valence-corrected chi connectivity index (χ2v) is 11.4. The lowest BCUT2D eigenvalue weighted by Gasteiger charge is -2.33. The van der Waals surface area contributed by atoms with Crippen molar-refractivity contribution in [3.8, 4) is 5.69 Å². The number of benzene rings is 1. The maximum Gasteiger partial charge on any atom is 0.418 e. The van der Waals surface area contributed by atoms with E-state index in [0.29, 0.717) is 29.3 Å². The van der Waals surface area contributed by atoms with Crippen LogP contribution in [-0.4, -0.2) is 41.7 Å². The molecule has 2 aliphatic rings. The van der Waals surface area contributed by atoms with E-state index in [1.807, 2.05) is 0 Å². The Morgan fingerprint density at radius 2 is 1.88 bits per heavy atom. The molecule has 4 heterocycles. The van der Waals surface area contributed by atoms with Gasteiger partial charge < -0.3 is 0 Å². The first-order valence-corrected chi connectivity index (χ1v) is 13.9. The molecule has 1 aliphatic carbocycles. The molecule has 1 saturated carbocycles. The Hall–Kier alpha value is -3.54. The number of rotatable bonds is 7. The van der Waals surface area contributed by atoms with Crippen LogP contribution in [0.3, 0.4) is 0 Å². The van der Waals surface area contributed by atoms with Crippen LogP contribution in [0.1, 0.15) is 74.0 Å². The van der Waals surface area contributed by atoms with E-state index in [1.54, 1.807) is 24.3 Å². The van der Waals surface area contributed by atoms with Gasteiger partial charge in [-0.1, -0.05) is 25.5 Å². The molecule has 41 heavy (non-hydrogen) atoms. The van der Waals surface area contributed by atoms with Gasteiger partial charge in [-0.2, -0.15) is 22.0 Å². The van der Waals surface area contributed by atoms with Gasteiger partial charge in [0.15, 0.2) is 0 Å². The van der Waals surface area contributed by atoms with Gasteiger partial charge in [-0.05, 0) is 73.4 Å². The van der Waals surface area contributed by atoms with Crippen LogP contribution in [-0.2, 0) is 12.7 Å². The Labute approximate surface area is 233 Å². The van der Waals surface area contributed by atoms with Crippen molar-refractivity contribution in [2.45, 2.75) is 64.2 Å². The Bertz CT molecular complexity index is 1600. The molecule has 6 rings (SSSR count). The highest BCUT2D eigenvalue weighted by molar-refractivity contribution is 5.58. The van der Waals surface area contributed by atoms with E-state index in [-0.39, 0.29) is 17.3 Å². The van der Waals surface area contributed by atoms with E-state index in [0.717, 1.165) is 66.6 Å². The van der Waals surface area contributed by atoms with Crippen LogP contribution in [0.15, 0.2) is 53.8 Å². The van der Waals surface area contributed by atoms with Gasteiger partial charge >= 0.3 is 18.4 Å². The average Bonchev–Trinajstić information content (AvgIpc) is 3.50. The molecular weight excluding hydrogens is 543 g/mol. The van der Waals surface area contributed by atoms with Crippen molar-refractivity contribution in [3.63, 3.8) is 0 Å². The van der Waals surface area contributed by atoms with Gasteiger partial charge in [0, 0.05) is 31.4 Å². The minimum atomic E-state index is -4.66. The van der Waals surface area contributed by atoms with Crippen LogP contribution >= 0.6 is 0 Å². The maximum absolute atomic E-state index is 14.2. The Kier molecular flexibility index (Phi) is 7.21. The van der Waals surface area contributed by atoms with Crippen LogP contribution in [0.4, 0.5) is 22.0 Å². The van der Waals surface area contributed by atoms with E-state index >= 15 is 0 Å². The molecule has 4 aromatic rings. The fourth-order valence-corrected chi connectivity index (χ4v) is 6.33. The van der Waals surface area contributed by atoms with Crippen molar-refractivity contribution in [1.29, 1.82) is 0 Å². The predicted molar refractivity (Wildman–Crippen MR) is 142 cm³/mol. The van der Waals surface area contributed by atoms with E-state index in [1.165, 1.54) is 17.0 Å². The normalized spacial score (nSPS) is 19.6. The third-order valence-corrected chi connectivity index (χ3v) is 8.49. The Balaban J connectivity index is 1.42. The van der Waals surface area contributed by atoms with Crippen LogP contribution < -0.4 is 5.69 Å². The first-order chi connectivity index (χ1) is 19.6. The number of nitrogens with zero attached hydrogens (tertiary/aromatic N) is 6. The van der Waals surface area contributed by atoms with E-state index < -0.39 is 29.9 Å². The van der Waals surface area contributed by atoms with Crippen molar-refractivity contribution in [2.24, 2.45) is 11.8 Å². The molecule has 218 valence electrons. The molecule has 7 nitrogen and oxygen atoms in total. The summed E-state index contributed by atoms with van der Waals surface area (Å²) in [5.41, 5.74) is -0.319. The third kappa shape index (κ3) is 5.29. The molecular formula is C29H31F5N6O. The molecule has 1 aliphatic heterocycles. The van der Waals surface area contributed by atoms with Crippen LogP contribution in [0.2, 0.25) is 0 Å². The number of likely N-dealkylation sites (tertiary alicyclic amines) is 1. The Morgan fingerprint density at radius 3 is 2.56 bits per heavy atom. The van der Waals surface area contributed by atoms with E-state index in [4.69, 9.17) is 0 Å². The van der Waals surface area contributed by atoms with Gasteiger partial charge in [0.25, 0.3) is 0 Å². The summed E-state index contributed by atoms with van der Waals surface area (Å²) >= 11 is 0. The fourth-order valence-electron chi connectivity index (χ4n) is 6.33. The lowest BCUT2D eigenvalue weighted by atomic mass is 9.72. The molecule has 3 aromatic heterocycles. The number of piperidine rings is 1. The van der Waals surface area contributed by atoms with Crippen LogP contribution in [0.5, 0.6) is 0 Å². The molecule has 0 unspecified atom stereocenters. The lowest BCUT2D eigenvalue weighted by molar-refractivity contribution is -0.136. The summed E-state index contributed by atoms with van der Waals surface area (Å²) in [5, 5.41) is 7.71. The first kappa shape index (κ1) is 27.6. The predicted octanol–water partition coefficient (Wildman–Crippen LogP) is 6.26. The zero-order valence-corrected chi connectivity index (χ0v) is 22.6. The number of imidazole rings is 1. The number of aromatic nitrogens is 5. The summed E-state index contributed by atoms with van der Waals surface area (Å²) in [4.78, 5) is 15.7. The summed E-state index contributed by atoms with van der Waals surface area (Å²) in [6.45, 7) is 1.23. The number of hydrogen-bond acceptors (Lipinski definition) is 4. The van der Waals surface area contributed by atoms with Crippen molar-refractivity contribution < 1.29 is 22.0 Å². The van der Waals surface area contributed by atoms with Gasteiger partial charge in [0.1, 0.15) is 12.2 Å². The molecule has 2 fully saturated rings. The fraction of sp³-hybridized carbons (Fsp3) is 0.483. The summed E-state index contributed by atoms with van der Waals surface area (Å²) in [5.74, 6) is 0.169. The summed E-state index contributed by atoms with van der Waals surface area (Å²) < 4.78 is 73.1. The van der Waals surface area contributed by atoms with Gasteiger partial charge in [-0.25, -0.2) is 4.79 Å². The quantitative estimate of drug-likeness (QED) is 0.245. The zero-order chi connectivity index (χ0) is 28.9. The Morgan fingerprint density at radius 1 is 1.07 bits per heavy atom. The molecule has 1 saturated heterocycles. The standard InChI is InChI=1S/C29H31F5N6O/c1-18-5-4-10-37(13-18)14-19-11-23(29(32,33)34)24-16-38(28(41)39(24)15-19)22-9-3-8-21(12-22)25(20-6-2-7-20)26-36-35-17-40(26)27(30)31/h3,8-9,11-12,15-18,20,25,27H,2,4-7,10,13-14H2,1H3/t18-,25-/m0/s1. The molecule has 0 amide bonds. The molecule has 0 bridgehead atoms. The first-order valence-electron chi connectivity index (χ1n) is 13.9. The van der Waals surface area contributed by atoms with Gasteiger partial charge in [0.2, 0.25) is 0 Å². The summed E-state index contributed by atoms with van der Waals surface area (Å²) in [6, 6.07) is 7.90. The van der Waals surface area contributed by atoms with Crippen molar-refractivity contribution >= 4 is 5.52 Å². The molecule has 2 atom stereocenters. The van der Waals surface area contributed by atoms with Crippen LogP contribution in [0, 0.1) is 11.8 Å². The molecule has 1 aromatic carbocycles. The van der Waals surface area contributed by atoms with Crippen molar-refractivity contribution in [1.82, 2.24) is 28.6 Å². The number of pyridine rings is 1. The molecule has 0 N–H and O–H groups in total. The highest BCUT2D eigenvalue weighted by Crippen LogP contribution is 2.43. The highest BCUT2D eigenvalue weighted by Gasteiger charge is 2.36. The largest absolute Gasteiger partial charge is 0.418 e. The van der Waals surface area contributed by atoms with Gasteiger partial charge in [-0.3, -0.25) is 18.4 Å². The SMILES string of the molecule is C[C@H]1CCCN(Cc2cc(C(F)(F)F)c3cn(-c4cccc([C@@H](c5nncn5C(F)F)C5CCC5)c4)c(=O)n3c2)C1. The second kappa shape index (κ2) is 10.7. The number of alkyl halides is 5. The van der Waals surface area contributed by atoms with Crippen LogP contribution in [0.25, 0.3) is 11.2 Å². The van der Waals surface area contributed by atoms with E-state index in [9.17, 15) is 26.7 Å². The van der Waals surface area contributed by atoms with E-state index in [2.05, 4.69) is 22.0 Å². The second-order valence-electron chi connectivity index (χ2n) is 11.4. The minimum absolute atomic E-state index is 0.0636. The number of halogens is 5. The van der Waals surface area contributed by atoms with Crippen molar-refractivity contribution in [2.75, 3.05) is 13.1 Å². The number of hydrogen-bond donors (Lipinski definition) is 0. The number of fused-ring (bicyclic) bond motifs is 1. The molecule has 0 radical (unpaired) electrons. The zero-order valence-electron chi connectivity index (χ0n) is 22.6.